The standard InChI is InChI=1S/C24H22N2O4/c1-13-21-22(15-8-9-18(27)20(12-15)29-2)23-17(25-24(21)30-26-13)10-16(11-19(23)28)14-6-4-3-5-7-14/h3-9,12,16,22,25,27H,10-11H2,1-2H3/t16-,22-/m0/s1. The maximum atomic E-state index is 13.4. The maximum absolute atomic E-state index is 13.4. The van der Waals surface area contributed by atoms with Gasteiger partial charge in [-0.05, 0) is 42.5 Å². The Kier molecular flexibility index (Phi) is 4.35. The lowest BCUT2D eigenvalue weighted by atomic mass is 9.72. The fraction of sp³-hybridized carbons (Fsp3) is 0.250. The Balaban J connectivity index is 1.64. The summed E-state index contributed by atoms with van der Waals surface area (Å²) in [6, 6.07) is 15.3. The van der Waals surface area contributed by atoms with Crippen LogP contribution in [0.4, 0.5) is 5.88 Å². The molecule has 0 spiro atoms. The number of carbonyl (C=O) groups excluding carboxylic acids is 1. The van der Waals surface area contributed by atoms with Crippen LogP contribution in [0.2, 0.25) is 0 Å². The number of rotatable bonds is 3. The van der Waals surface area contributed by atoms with E-state index in [2.05, 4.69) is 22.6 Å². The number of carbonyl (C=O) groups is 1. The number of phenolic OH excluding ortho intramolecular Hbond substituents is 1. The number of anilines is 1. The van der Waals surface area contributed by atoms with Crippen LogP contribution >= 0.6 is 0 Å². The molecular weight excluding hydrogens is 380 g/mol. The first kappa shape index (κ1) is 18.5. The third-order valence-electron chi connectivity index (χ3n) is 6.07. The van der Waals surface area contributed by atoms with Crippen molar-refractivity contribution in [2.24, 2.45) is 0 Å². The summed E-state index contributed by atoms with van der Waals surface area (Å²) in [6.45, 7) is 1.88. The number of aryl methyl sites for hydroxylation is 1. The Morgan fingerprint density at radius 3 is 2.70 bits per heavy atom. The molecule has 6 nitrogen and oxygen atoms in total. The normalized spacial score (nSPS) is 20.4. The van der Waals surface area contributed by atoms with Crippen molar-refractivity contribution >= 4 is 11.7 Å². The predicted octanol–water partition coefficient (Wildman–Crippen LogP) is 4.66. The molecule has 1 aromatic heterocycles. The first-order valence-electron chi connectivity index (χ1n) is 9.98. The monoisotopic (exact) mass is 402 g/mol. The van der Waals surface area contributed by atoms with Crippen molar-refractivity contribution in [1.82, 2.24) is 5.16 Å². The molecule has 30 heavy (non-hydrogen) atoms. The summed E-state index contributed by atoms with van der Waals surface area (Å²) in [5.41, 5.74) is 5.22. The Morgan fingerprint density at radius 2 is 1.93 bits per heavy atom. The van der Waals surface area contributed by atoms with Crippen LogP contribution in [0.3, 0.4) is 0 Å². The smallest absolute Gasteiger partial charge is 0.233 e. The van der Waals surface area contributed by atoms with E-state index in [9.17, 15) is 9.90 Å². The number of ether oxygens (including phenoxy) is 1. The molecule has 3 aromatic rings. The number of ketones is 1. The summed E-state index contributed by atoms with van der Waals surface area (Å²) >= 11 is 0. The number of nitrogens with zero attached hydrogens (tertiary/aromatic N) is 1. The minimum Gasteiger partial charge on any atom is -0.504 e. The lowest BCUT2D eigenvalue weighted by Crippen LogP contribution is -2.29. The molecule has 1 aliphatic carbocycles. The highest BCUT2D eigenvalue weighted by Crippen LogP contribution is 2.49. The van der Waals surface area contributed by atoms with Gasteiger partial charge in [-0.1, -0.05) is 41.6 Å². The molecular formula is C24H22N2O4. The fourth-order valence-corrected chi connectivity index (χ4v) is 4.64. The number of aromatic nitrogens is 1. The SMILES string of the molecule is COc1cc([C@@H]2C3=C(C[C@H](c4ccccc4)CC3=O)Nc3onc(C)c32)ccc1O. The molecule has 2 heterocycles. The van der Waals surface area contributed by atoms with Crippen molar-refractivity contribution in [2.75, 3.05) is 12.4 Å². The van der Waals surface area contributed by atoms with Crippen molar-refractivity contribution in [1.29, 1.82) is 0 Å². The van der Waals surface area contributed by atoms with Crippen molar-refractivity contribution in [3.05, 3.63) is 82.2 Å². The van der Waals surface area contributed by atoms with Crippen molar-refractivity contribution < 1.29 is 19.2 Å². The van der Waals surface area contributed by atoms with Gasteiger partial charge in [0.15, 0.2) is 17.3 Å². The predicted molar refractivity (Wildman–Crippen MR) is 112 cm³/mol. The number of nitrogens with one attached hydrogen (secondary N) is 1. The average molecular weight is 402 g/mol. The molecule has 5 rings (SSSR count). The second-order valence-corrected chi connectivity index (χ2v) is 7.83. The lowest BCUT2D eigenvalue weighted by Gasteiger charge is -2.34. The highest BCUT2D eigenvalue weighted by Gasteiger charge is 2.41. The van der Waals surface area contributed by atoms with Gasteiger partial charge in [-0.3, -0.25) is 4.79 Å². The Bertz CT molecular complexity index is 1160. The van der Waals surface area contributed by atoms with Crippen LogP contribution in [0.15, 0.2) is 64.3 Å². The van der Waals surface area contributed by atoms with Crippen LogP contribution in [0, 0.1) is 6.92 Å². The second-order valence-electron chi connectivity index (χ2n) is 7.83. The molecule has 0 radical (unpaired) electrons. The second kappa shape index (κ2) is 7.06. The first-order chi connectivity index (χ1) is 14.6. The van der Waals surface area contributed by atoms with Gasteiger partial charge in [0.05, 0.1) is 18.4 Å². The Morgan fingerprint density at radius 1 is 1.13 bits per heavy atom. The molecule has 2 aliphatic rings. The molecule has 0 unspecified atom stereocenters. The third-order valence-corrected chi connectivity index (χ3v) is 6.07. The highest BCUT2D eigenvalue weighted by atomic mass is 16.5. The molecule has 2 atom stereocenters. The number of Topliss-reactive ketones (excluding diaryl/α,β-unsaturated/α-hetero) is 1. The minimum absolute atomic E-state index is 0.0609. The summed E-state index contributed by atoms with van der Waals surface area (Å²) in [4.78, 5) is 13.4. The van der Waals surface area contributed by atoms with Gasteiger partial charge in [0.2, 0.25) is 5.88 Å². The summed E-state index contributed by atoms with van der Waals surface area (Å²) in [7, 11) is 1.51. The number of benzene rings is 2. The van der Waals surface area contributed by atoms with Crippen LogP contribution < -0.4 is 10.1 Å². The summed E-state index contributed by atoms with van der Waals surface area (Å²) in [5.74, 6) is 0.914. The number of hydrogen-bond acceptors (Lipinski definition) is 6. The number of phenols is 1. The number of hydrogen-bond donors (Lipinski definition) is 2. The average Bonchev–Trinajstić information content (AvgIpc) is 3.13. The van der Waals surface area contributed by atoms with Gasteiger partial charge in [0, 0.05) is 23.6 Å². The van der Waals surface area contributed by atoms with E-state index in [-0.39, 0.29) is 23.4 Å². The van der Waals surface area contributed by atoms with E-state index in [1.165, 1.54) is 7.11 Å². The first-order valence-corrected chi connectivity index (χ1v) is 9.98. The van der Waals surface area contributed by atoms with E-state index >= 15 is 0 Å². The van der Waals surface area contributed by atoms with Gasteiger partial charge >= 0.3 is 0 Å². The van der Waals surface area contributed by atoms with Gasteiger partial charge in [-0.25, -0.2) is 0 Å². The number of allylic oxidation sites excluding steroid dienone is 2. The summed E-state index contributed by atoms with van der Waals surface area (Å²) in [6.07, 6.45) is 1.17. The van der Waals surface area contributed by atoms with E-state index < -0.39 is 0 Å². The third kappa shape index (κ3) is 2.87. The van der Waals surface area contributed by atoms with Gasteiger partial charge in [0.25, 0.3) is 0 Å². The molecule has 6 heteroatoms. The van der Waals surface area contributed by atoms with E-state index in [0.29, 0.717) is 18.1 Å². The molecule has 0 saturated carbocycles. The van der Waals surface area contributed by atoms with Crippen LogP contribution in [0.5, 0.6) is 11.5 Å². The van der Waals surface area contributed by atoms with Gasteiger partial charge in [-0.2, -0.15) is 0 Å². The summed E-state index contributed by atoms with van der Waals surface area (Å²) < 4.78 is 10.9. The van der Waals surface area contributed by atoms with Gasteiger partial charge in [-0.15, -0.1) is 0 Å². The molecule has 0 saturated heterocycles. The zero-order valence-corrected chi connectivity index (χ0v) is 16.8. The van der Waals surface area contributed by atoms with E-state index in [1.54, 1.807) is 12.1 Å². The molecule has 1 aliphatic heterocycles. The molecule has 0 amide bonds. The molecule has 152 valence electrons. The largest absolute Gasteiger partial charge is 0.504 e. The molecule has 2 aromatic carbocycles. The number of aromatic hydroxyl groups is 1. The van der Waals surface area contributed by atoms with E-state index in [0.717, 1.165) is 40.1 Å². The Labute approximate surface area is 174 Å². The molecule has 0 bridgehead atoms. The zero-order chi connectivity index (χ0) is 20.8. The van der Waals surface area contributed by atoms with Crippen molar-refractivity contribution in [2.45, 2.75) is 31.6 Å². The maximum Gasteiger partial charge on any atom is 0.233 e. The van der Waals surface area contributed by atoms with Gasteiger partial charge < -0.3 is 19.7 Å². The summed E-state index contributed by atoms with van der Waals surface area (Å²) in [5, 5.41) is 17.5. The van der Waals surface area contributed by atoms with Crippen molar-refractivity contribution in [3.63, 3.8) is 0 Å². The van der Waals surface area contributed by atoms with Crippen LogP contribution in [-0.2, 0) is 4.79 Å². The molecule has 0 fully saturated rings. The molecule has 2 N–H and O–H groups in total. The number of fused-ring (bicyclic) bond motifs is 1. The van der Waals surface area contributed by atoms with Crippen LogP contribution in [0.25, 0.3) is 0 Å². The highest BCUT2D eigenvalue weighted by molar-refractivity contribution is 6.01. The van der Waals surface area contributed by atoms with Gasteiger partial charge in [0.1, 0.15) is 0 Å². The van der Waals surface area contributed by atoms with E-state index in [1.807, 2.05) is 31.2 Å². The number of methoxy groups -OCH3 is 1. The Hall–Kier alpha value is -3.54. The van der Waals surface area contributed by atoms with E-state index in [4.69, 9.17) is 9.26 Å². The lowest BCUT2D eigenvalue weighted by molar-refractivity contribution is -0.116. The quantitative estimate of drug-likeness (QED) is 0.663. The topological polar surface area (TPSA) is 84.6 Å². The van der Waals surface area contributed by atoms with Crippen LogP contribution in [-0.4, -0.2) is 23.2 Å². The van der Waals surface area contributed by atoms with Crippen LogP contribution in [0.1, 0.15) is 47.1 Å². The fourth-order valence-electron chi connectivity index (χ4n) is 4.64. The van der Waals surface area contributed by atoms with Crippen molar-refractivity contribution in [3.8, 4) is 11.5 Å². The minimum atomic E-state index is -0.318. The zero-order valence-electron chi connectivity index (χ0n) is 16.8.